The van der Waals surface area contributed by atoms with E-state index in [4.69, 9.17) is 9.47 Å². The molecule has 2 saturated heterocycles. The summed E-state index contributed by atoms with van der Waals surface area (Å²) in [6.07, 6.45) is 1.66. The minimum absolute atomic E-state index is 0.130. The SMILES string of the molecule is CC1CC2(CCO1)COC(=O)N2. The Kier molecular flexibility index (Phi) is 1.72. The molecule has 4 nitrogen and oxygen atoms in total. The maximum absolute atomic E-state index is 10.8. The lowest BCUT2D eigenvalue weighted by atomic mass is 9.89. The number of hydrogen-bond acceptors (Lipinski definition) is 3. The first-order valence-corrected chi connectivity index (χ1v) is 4.27. The molecule has 0 aromatic rings. The maximum Gasteiger partial charge on any atom is 0.407 e. The van der Waals surface area contributed by atoms with Gasteiger partial charge in [-0.3, -0.25) is 0 Å². The Morgan fingerprint density at radius 2 is 2.50 bits per heavy atom. The van der Waals surface area contributed by atoms with Crippen molar-refractivity contribution in [1.29, 1.82) is 0 Å². The Bertz CT molecular complexity index is 206. The number of carbonyl (C=O) groups is 1. The molecule has 2 fully saturated rings. The minimum atomic E-state index is -0.288. The van der Waals surface area contributed by atoms with E-state index < -0.39 is 0 Å². The quantitative estimate of drug-likeness (QED) is 0.582. The molecule has 0 bridgehead atoms. The topological polar surface area (TPSA) is 47.6 Å². The molecule has 0 aliphatic carbocycles. The molecule has 0 aromatic carbocycles. The van der Waals surface area contributed by atoms with Gasteiger partial charge in [0.05, 0.1) is 11.6 Å². The van der Waals surface area contributed by atoms with Gasteiger partial charge < -0.3 is 14.8 Å². The summed E-state index contributed by atoms with van der Waals surface area (Å²) < 4.78 is 10.3. The minimum Gasteiger partial charge on any atom is -0.447 e. The third kappa shape index (κ3) is 1.27. The van der Waals surface area contributed by atoms with Gasteiger partial charge >= 0.3 is 6.09 Å². The second kappa shape index (κ2) is 2.62. The highest BCUT2D eigenvalue weighted by Gasteiger charge is 2.42. The van der Waals surface area contributed by atoms with Gasteiger partial charge in [0.1, 0.15) is 6.61 Å². The van der Waals surface area contributed by atoms with Crippen molar-refractivity contribution in [2.75, 3.05) is 13.2 Å². The van der Waals surface area contributed by atoms with Crippen LogP contribution in [0, 0.1) is 0 Å². The van der Waals surface area contributed by atoms with Gasteiger partial charge in [-0.2, -0.15) is 0 Å². The molecule has 1 spiro atoms. The third-order valence-electron chi connectivity index (χ3n) is 2.51. The highest BCUT2D eigenvalue weighted by Crippen LogP contribution is 2.28. The van der Waals surface area contributed by atoms with Gasteiger partial charge in [-0.15, -0.1) is 0 Å². The second-order valence-electron chi connectivity index (χ2n) is 3.62. The van der Waals surface area contributed by atoms with Crippen LogP contribution in [0.4, 0.5) is 4.79 Å². The number of ether oxygens (including phenoxy) is 2. The number of amides is 1. The summed E-state index contributed by atoms with van der Waals surface area (Å²) in [5.74, 6) is 0. The van der Waals surface area contributed by atoms with Gasteiger partial charge in [-0.25, -0.2) is 4.79 Å². The number of carbonyl (C=O) groups excluding carboxylic acids is 1. The standard InChI is InChI=1S/C8H13NO3/c1-6-4-8(2-3-11-6)5-12-7(10)9-8/h6H,2-5H2,1H3,(H,9,10). The fraction of sp³-hybridized carbons (Fsp3) is 0.875. The number of nitrogens with one attached hydrogen (secondary N) is 1. The largest absolute Gasteiger partial charge is 0.447 e. The van der Waals surface area contributed by atoms with E-state index in [0.29, 0.717) is 13.2 Å². The van der Waals surface area contributed by atoms with Crippen LogP contribution in [0.1, 0.15) is 19.8 Å². The number of rotatable bonds is 0. The van der Waals surface area contributed by atoms with Gasteiger partial charge in [0, 0.05) is 6.61 Å². The van der Waals surface area contributed by atoms with Crippen molar-refractivity contribution in [2.24, 2.45) is 0 Å². The number of cyclic esters (lactones) is 1. The molecule has 1 N–H and O–H groups in total. The predicted octanol–water partition coefficient (Wildman–Crippen LogP) is 0.664. The zero-order valence-electron chi connectivity index (χ0n) is 7.13. The summed E-state index contributed by atoms with van der Waals surface area (Å²) in [4.78, 5) is 10.8. The van der Waals surface area contributed by atoms with Gasteiger partial charge in [-0.1, -0.05) is 0 Å². The fourth-order valence-corrected chi connectivity index (χ4v) is 1.90. The van der Waals surface area contributed by atoms with Crippen LogP contribution in [0.25, 0.3) is 0 Å². The summed E-state index contributed by atoms with van der Waals surface area (Å²) in [6.45, 7) is 3.23. The van der Waals surface area contributed by atoms with Crippen LogP contribution in [0.2, 0.25) is 0 Å². The summed E-state index contributed by atoms with van der Waals surface area (Å²) in [5.41, 5.74) is -0.130. The highest BCUT2D eigenvalue weighted by atomic mass is 16.6. The van der Waals surface area contributed by atoms with Gasteiger partial charge in [0.15, 0.2) is 0 Å². The zero-order chi connectivity index (χ0) is 8.60. The molecular formula is C8H13NO3. The van der Waals surface area contributed by atoms with Crippen LogP contribution >= 0.6 is 0 Å². The first-order valence-electron chi connectivity index (χ1n) is 4.27. The van der Waals surface area contributed by atoms with Gasteiger partial charge in [-0.05, 0) is 19.8 Å². The zero-order valence-corrected chi connectivity index (χ0v) is 7.13. The second-order valence-corrected chi connectivity index (χ2v) is 3.62. The molecule has 2 atom stereocenters. The van der Waals surface area contributed by atoms with E-state index in [2.05, 4.69) is 5.32 Å². The molecule has 1 amide bonds. The first kappa shape index (κ1) is 7.86. The predicted molar refractivity (Wildman–Crippen MR) is 41.9 cm³/mol. The molecule has 2 rings (SSSR count). The molecular weight excluding hydrogens is 158 g/mol. The highest BCUT2D eigenvalue weighted by molar-refractivity contribution is 5.70. The van der Waals surface area contributed by atoms with E-state index in [1.165, 1.54) is 0 Å². The van der Waals surface area contributed by atoms with Crippen LogP contribution in [0.3, 0.4) is 0 Å². The summed E-state index contributed by atoms with van der Waals surface area (Å²) in [5, 5.41) is 2.86. The molecule has 2 unspecified atom stereocenters. The molecule has 0 aromatic heterocycles. The average molecular weight is 171 g/mol. The van der Waals surface area contributed by atoms with Crippen LogP contribution in [0.15, 0.2) is 0 Å². The molecule has 0 radical (unpaired) electrons. The third-order valence-corrected chi connectivity index (χ3v) is 2.51. The van der Waals surface area contributed by atoms with Crippen LogP contribution in [0.5, 0.6) is 0 Å². The average Bonchev–Trinajstić information content (AvgIpc) is 2.32. The van der Waals surface area contributed by atoms with Crippen molar-refractivity contribution in [3.8, 4) is 0 Å². The van der Waals surface area contributed by atoms with Crippen molar-refractivity contribution in [2.45, 2.75) is 31.4 Å². The van der Waals surface area contributed by atoms with Gasteiger partial charge in [0.2, 0.25) is 0 Å². The number of hydrogen-bond donors (Lipinski definition) is 1. The van der Waals surface area contributed by atoms with Crippen molar-refractivity contribution in [3.05, 3.63) is 0 Å². The maximum atomic E-state index is 10.8. The van der Waals surface area contributed by atoms with E-state index in [1.54, 1.807) is 0 Å². The van der Waals surface area contributed by atoms with Crippen molar-refractivity contribution in [3.63, 3.8) is 0 Å². The summed E-state index contributed by atoms with van der Waals surface area (Å²) >= 11 is 0. The summed E-state index contributed by atoms with van der Waals surface area (Å²) in [6, 6.07) is 0. The lowest BCUT2D eigenvalue weighted by Gasteiger charge is -2.34. The van der Waals surface area contributed by atoms with E-state index in [0.717, 1.165) is 12.8 Å². The Morgan fingerprint density at radius 3 is 3.08 bits per heavy atom. The molecule has 2 aliphatic heterocycles. The van der Waals surface area contributed by atoms with E-state index >= 15 is 0 Å². The lowest BCUT2D eigenvalue weighted by Crippen LogP contribution is -2.50. The Morgan fingerprint density at radius 1 is 1.67 bits per heavy atom. The summed E-state index contributed by atoms with van der Waals surface area (Å²) in [7, 11) is 0. The molecule has 2 heterocycles. The molecule has 4 heteroatoms. The molecule has 12 heavy (non-hydrogen) atoms. The lowest BCUT2D eigenvalue weighted by molar-refractivity contribution is -0.0157. The Labute approximate surface area is 71.2 Å². The smallest absolute Gasteiger partial charge is 0.407 e. The monoisotopic (exact) mass is 171 g/mol. The van der Waals surface area contributed by atoms with Crippen molar-refractivity contribution >= 4 is 6.09 Å². The van der Waals surface area contributed by atoms with E-state index in [9.17, 15) is 4.79 Å². The molecule has 2 aliphatic rings. The van der Waals surface area contributed by atoms with Crippen molar-refractivity contribution < 1.29 is 14.3 Å². The first-order chi connectivity index (χ1) is 5.70. The van der Waals surface area contributed by atoms with Crippen LogP contribution in [-0.4, -0.2) is 30.9 Å². The van der Waals surface area contributed by atoms with Crippen molar-refractivity contribution in [1.82, 2.24) is 5.32 Å². The fourth-order valence-electron chi connectivity index (χ4n) is 1.90. The van der Waals surface area contributed by atoms with Crippen LogP contribution < -0.4 is 5.32 Å². The van der Waals surface area contributed by atoms with E-state index in [1.807, 2.05) is 6.92 Å². The molecule has 0 saturated carbocycles. The van der Waals surface area contributed by atoms with Gasteiger partial charge in [0.25, 0.3) is 0 Å². The Hall–Kier alpha value is -0.770. The van der Waals surface area contributed by atoms with E-state index in [-0.39, 0.29) is 17.7 Å². The Balaban J connectivity index is 2.05. The molecule has 68 valence electrons. The normalized spacial score (nSPS) is 41.1. The van der Waals surface area contributed by atoms with Crippen LogP contribution in [-0.2, 0) is 9.47 Å². The number of alkyl carbamates (subject to hydrolysis) is 1.